The Morgan fingerprint density at radius 2 is 2.24 bits per heavy atom. The highest BCUT2D eigenvalue weighted by Crippen LogP contribution is 2.34. The van der Waals surface area contributed by atoms with Crippen LogP contribution >= 0.6 is 0 Å². The fourth-order valence-corrected chi connectivity index (χ4v) is 3.26. The first kappa shape index (κ1) is 14.1. The van der Waals surface area contributed by atoms with Crippen molar-refractivity contribution in [3.63, 3.8) is 0 Å². The highest BCUT2D eigenvalue weighted by atomic mass is 16.3. The molecule has 1 saturated carbocycles. The van der Waals surface area contributed by atoms with Crippen LogP contribution in [0, 0.1) is 5.92 Å². The second-order valence-corrected chi connectivity index (χ2v) is 5.87. The third kappa shape index (κ3) is 2.65. The molecule has 1 N–H and O–H groups in total. The molecule has 0 saturated heterocycles. The first-order chi connectivity index (χ1) is 10.2. The van der Waals surface area contributed by atoms with Crippen LogP contribution in [0.2, 0.25) is 0 Å². The van der Waals surface area contributed by atoms with E-state index in [9.17, 15) is 9.90 Å². The van der Waals surface area contributed by atoms with Gasteiger partial charge in [-0.15, -0.1) is 0 Å². The highest BCUT2D eigenvalue weighted by Gasteiger charge is 2.25. The van der Waals surface area contributed by atoms with Gasteiger partial charge in [0.05, 0.1) is 5.56 Å². The lowest BCUT2D eigenvalue weighted by Crippen LogP contribution is -2.23. The zero-order valence-corrected chi connectivity index (χ0v) is 12.3. The van der Waals surface area contributed by atoms with E-state index in [0.29, 0.717) is 17.5 Å². The summed E-state index contributed by atoms with van der Waals surface area (Å²) >= 11 is 0. The van der Waals surface area contributed by atoms with Gasteiger partial charge in [-0.2, -0.15) is 0 Å². The van der Waals surface area contributed by atoms with Crippen LogP contribution < -0.4 is 5.56 Å². The topological polar surface area (TPSA) is 60.1 Å². The maximum absolute atomic E-state index is 12.3. The number of aliphatic hydroxyl groups excluding tert-OH is 1. The molecule has 2 aromatic rings. The molecule has 0 amide bonds. The van der Waals surface area contributed by atoms with Crippen LogP contribution in [0.5, 0.6) is 0 Å². The van der Waals surface area contributed by atoms with Crippen LogP contribution in [0.25, 0.3) is 11.4 Å². The normalized spacial score (nSPS) is 22.4. The first-order valence-corrected chi connectivity index (χ1v) is 7.50. The number of aryl methyl sites for hydroxylation is 1. The van der Waals surface area contributed by atoms with E-state index < -0.39 is 0 Å². The highest BCUT2D eigenvalue weighted by molar-refractivity contribution is 5.54. The Labute approximate surface area is 123 Å². The molecule has 0 unspecified atom stereocenters. The standard InChI is InChI=1S/C16H21N3O2/c1-18-8-3-6-14(16(18)21)15-17-7-9-19(15)13-5-2-4-12(10-13)11-20/h3,6-9,12-13,20H,2,4-5,10-11H2,1H3/t12-,13+/m0/s1. The van der Waals surface area contributed by atoms with Gasteiger partial charge in [-0.05, 0) is 37.3 Å². The Kier molecular flexibility index (Phi) is 3.92. The van der Waals surface area contributed by atoms with Crippen molar-refractivity contribution in [3.05, 3.63) is 41.1 Å². The molecule has 0 radical (unpaired) electrons. The van der Waals surface area contributed by atoms with E-state index in [1.54, 1.807) is 24.0 Å². The zero-order chi connectivity index (χ0) is 14.8. The van der Waals surface area contributed by atoms with Crippen molar-refractivity contribution in [2.24, 2.45) is 13.0 Å². The molecule has 21 heavy (non-hydrogen) atoms. The minimum absolute atomic E-state index is 0.0283. The summed E-state index contributed by atoms with van der Waals surface area (Å²) in [6, 6.07) is 4.01. The predicted molar refractivity (Wildman–Crippen MR) is 81.0 cm³/mol. The van der Waals surface area contributed by atoms with Crippen LogP contribution in [-0.4, -0.2) is 25.8 Å². The number of imidazole rings is 1. The van der Waals surface area contributed by atoms with Gasteiger partial charge in [0, 0.05) is 38.3 Å². The molecule has 5 nitrogen and oxygen atoms in total. The van der Waals surface area contributed by atoms with Gasteiger partial charge >= 0.3 is 0 Å². The van der Waals surface area contributed by atoms with Crippen LogP contribution in [0.4, 0.5) is 0 Å². The predicted octanol–water partition coefficient (Wildman–Crippen LogP) is 1.97. The van der Waals surface area contributed by atoms with E-state index in [-0.39, 0.29) is 12.2 Å². The van der Waals surface area contributed by atoms with Gasteiger partial charge in [-0.3, -0.25) is 4.79 Å². The summed E-state index contributed by atoms with van der Waals surface area (Å²) in [5.74, 6) is 1.09. The Bertz CT molecular complexity index is 674. The van der Waals surface area contributed by atoms with Crippen molar-refractivity contribution in [2.45, 2.75) is 31.7 Å². The van der Waals surface area contributed by atoms with Gasteiger partial charge in [0.2, 0.25) is 0 Å². The quantitative estimate of drug-likeness (QED) is 0.939. The molecule has 0 aromatic carbocycles. The fraction of sp³-hybridized carbons (Fsp3) is 0.500. The van der Waals surface area contributed by atoms with Gasteiger partial charge in [-0.1, -0.05) is 6.42 Å². The Morgan fingerprint density at radius 1 is 1.38 bits per heavy atom. The van der Waals surface area contributed by atoms with Crippen molar-refractivity contribution < 1.29 is 5.11 Å². The minimum Gasteiger partial charge on any atom is -0.396 e. The molecule has 1 aliphatic carbocycles. The molecule has 1 aliphatic rings. The SMILES string of the molecule is Cn1cccc(-c2nccn2[C@@H]2CCC[C@H](CO)C2)c1=O. The zero-order valence-electron chi connectivity index (χ0n) is 12.3. The lowest BCUT2D eigenvalue weighted by Gasteiger charge is -2.29. The molecule has 3 rings (SSSR count). The van der Waals surface area contributed by atoms with Crippen LogP contribution in [0.3, 0.4) is 0 Å². The van der Waals surface area contributed by atoms with Crippen molar-refractivity contribution >= 4 is 0 Å². The van der Waals surface area contributed by atoms with Gasteiger partial charge in [0.1, 0.15) is 5.82 Å². The van der Waals surface area contributed by atoms with E-state index in [4.69, 9.17) is 0 Å². The summed E-state index contributed by atoms with van der Waals surface area (Å²) in [6.07, 6.45) is 9.68. The molecule has 0 spiro atoms. The molecular formula is C16H21N3O2. The third-order valence-electron chi connectivity index (χ3n) is 4.44. The average molecular weight is 287 g/mol. The van der Waals surface area contributed by atoms with Crippen molar-refractivity contribution in [2.75, 3.05) is 6.61 Å². The minimum atomic E-state index is -0.0283. The maximum Gasteiger partial charge on any atom is 0.261 e. The second kappa shape index (κ2) is 5.85. The number of pyridine rings is 1. The maximum atomic E-state index is 12.3. The number of hydrogen-bond acceptors (Lipinski definition) is 3. The second-order valence-electron chi connectivity index (χ2n) is 5.87. The first-order valence-electron chi connectivity index (χ1n) is 7.50. The van der Waals surface area contributed by atoms with Crippen LogP contribution in [-0.2, 0) is 7.05 Å². The molecule has 0 bridgehead atoms. The number of rotatable bonds is 3. The van der Waals surface area contributed by atoms with E-state index in [1.165, 1.54) is 0 Å². The van der Waals surface area contributed by atoms with Crippen molar-refractivity contribution in [1.29, 1.82) is 0 Å². The molecule has 112 valence electrons. The Morgan fingerprint density at radius 3 is 3.05 bits per heavy atom. The molecule has 2 heterocycles. The molecule has 0 aliphatic heterocycles. The summed E-state index contributed by atoms with van der Waals surface area (Å²) in [5.41, 5.74) is 0.607. The summed E-state index contributed by atoms with van der Waals surface area (Å²) in [4.78, 5) is 16.7. The largest absolute Gasteiger partial charge is 0.396 e. The van der Waals surface area contributed by atoms with Crippen LogP contribution in [0.1, 0.15) is 31.7 Å². The van der Waals surface area contributed by atoms with E-state index in [0.717, 1.165) is 31.5 Å². The Balaban J connectivity index is 1.97. The number of aliphatic hydroxyl groups is 1. The van der Waals surface area contributed by atoms with E-state index in [1.807, 2.05) is 18.3 Å². The average Bonchev–Trinajstić information content (AvgIpc) is 2.99. The number of aromatic nitrogens is 3. The molecule has 2 aromatic heterocycles. The fourth-order valence-electron chi connectivity index (χ4n) is 3.26. The van der Waals surface area contributed by atoms with Crippen molar-refractivity contribution in [1.82, 2.24) is 14.1 Å². The van der Waals surface area contributed by atoms with E-state index >= 15 is 0 Å². The lowest BCUT2D eigenvalue weighted by molar-refractivity contribution is 0.163. The van der Waals surface area contributed by atoms with Gasteiger partial charge < -0.3 is 14.2 Å². The molecular weight excluding hydrogens is 266 g/mol. The monoisotopic (exact) mass is 287 g/mol. The third-order valence-corrected chi connectivity index (χ3v) is 4.44. The number of nitrogens with zero attached hydrogens (tertiary/aromatic N) is 3. The van der Waals surface area contributed by atoms with Gasteiger partial charge in [0.15, 0.2) is 0 Å². The van der Waals surface area contributed by atoms with E-state index in [2.05, 4.69) is 9.55 Å². The summed E-state index contributed by atoms with van der Waals surface area (Å²) in [7, 11) is 1.75. The molecule has 1 fully saturated rings. The molecule has 2 atom stereocenters. The lowest BCUT2D eigenvalue weighted by atomic mass is 9.86. The van der Waals surface area contributed by atoms with Crippen molar-refractivity contribution in [3.8, 4) is 11.4 Å². The smallest absolute Gasteiger partial charge is 0.261 e. The number of hydrogen-bond donors (Lipinski definition) is 1. The Hall–Kier alpha value is -1.88. The summed E-state index contributed by atoms with van der Waals surface area (Å²) in [5, 5.41) is 9.39. The summed E-state index contributed by atoms with van der Waals surface area (Å²) in [6.45, 7) is 0.244. The molecule has 5 heteroatoms. The van der Waals surface area contributed by atoms with Crippen LogP contribution in [0.15, 0.2) is 35.5 Å². The summed E-state index contributed by atoms with van der Waals surface area (Å²) < 4.78 is 3.68. The van der Waals surface area contributed by atoms with Gasteiger partial charge in [-0.25, -0.2) is 4.98 Å². The van der Waals surface area contributed by atoms with Gasteiger partial charge in [0.25, 0.3) is 5.56 Å².